The van der Waals surface area contributed by atoms with E-state index in [0.717, 1.165) is 21.6 Å². The predicted molar refractivity (Wildman–Crippen MR) is 181 cm³/mol. The summed E-state index contributed by atoms with van der Waals surface area (Å²) >= 11 is 6.71. The number of anilines is 1. The Morgan fingerprint density at radius 3 is 2.53 bits per heavy atom. The van der Waals surface area contributed by atoms with Crippen LogP contribution >= 0.6 is 11.6 Å². The summed E-state index contributed by atoms with van der Waals surface area (Å²) in [6.07, 6.45) is 1.54. The van der Waals surface area contributed by atoms with E-state index in [1.165, 1.54) is 25.4 Å². The number of nitrogens with zero attached hydrogens (tertiary/aromatic N) is 5. The summed E-state index contributed by atoms with van der Waals surface area (Å²) in [4.78, 5) is 51.7. The number of carbonyl (C=O) groups is 2. The van der Waals surface area contributed by atoms with E-state index in [1.807, 2.05) is 13.8 Å². The van der Waals surface area contributed by atoms with E-state index in [1.54, 1.807) is 17.9 Å². The molecule has 1 atom stereocenters. The summed E-state index contributed by atoms with van der Waals surface area (Å²) in [5, 5.41) is 12.8. The number of phenolic OH excluding ortho intramolecular Hbond substituents is 1. The number of benzene rings is 2. The zero-order chi connectivity index (χ0) is 35.9. The van der Waals surface area contributed by atoms with Crippen LogP contribution in [0, 0.1) is 25.1 Å². The van der Waals surface area contributed by atoms with Crippen LogP contribution in [0.3, 0.4) is 0 Å². The third-order valence-electron chi connectivity index (χ3n) is 8.54. The van der Waals surface area contributed by atoms with E-state index < -0.39 is 63.3 Å². The Balaban J connectivity index is 1.98. The number of amides is 2. The fourth-order valence-electron chi connectivity index (χ4n) is 6.35. The van der Waals surface area contributed by atoms with Gasteiger partial charge in [0.25, 0.3) is 17.4 Å². The first kappa shape index (κ1) is 35.0. The summed E-state index contributed by atoms with van der Waals surface area (Å²) < 4.78 is 47.6. The first-order valence-corrected chi connectivity index (χ1v) is 15.6. The molecule has 4 aromatic rings. The van der Waals surface area contributed by atoms with Crippen LogP contribution in [0.5, 0.6) is 5.75 Å². The Bertz CT molecular complexity index is 2120. The molecular formula is C35H32ClF3N6O4. The second kappa shape index (κ2) is 13.6. The SMILES string of the molecule is [C-]#[N+]C[C@H]1CN(c2c(C(=O)NC)c(=O)n(-c3c(C)ccnc3C(C)C)c3c(F)c(-c4c(O)cccc4F)c(Cl)cc23)CCN1C(=O)C(=C)F. The molecule has 0 saturated carbocycles. The number of hydrogen-bond acceptors (Lipinski definition) is 6. The topological polar surface area (TPSA) is 112 Å². The molecule has 5 rings (SSSR count). The van der Waals surface area contributed by atoms with Crippen molar-refractivity contribution in [2.75, 3.05) is 38.1 Å². The Hall–Kier alpha value is -5.35. The summed E-state index contributed by atoms with van der Waals surface area (Å²) in [7, 11) is 1.32. The van der Waals surface area contributed by atoms with Crippen molar-refractivity contribution in [3.05, 3.63) is 104 Å². The quantitative estimate of drug-likeness (QED) is 0.184. The van der Waals surface area contributed by atoms with Crippen molar-refractivity contribution in [1.29, 1.82) is 0 Å². The summed E-state index contributed by atoms with van der Waals surface area (Å²) in [5.41, 5.74) is -1.74. The predicted octanol–water partition coefficient (Wildman–Crippen LogP) is 5.90. The van der Waals surface area contributed by atoms with E-state index in [9.17, 15) is 23.9 Å². The Kier molecular flexibility index (Phi) is 9.73. The lowest BCUT2D eigenvalue weighted by atomic mass is 9.96. The zero-order valence-electron chi connectivity index (χ0n) is 27.1. The number of hydrogen-bond donors (Lipinski definition) is 2. The molecule has 14 heteroatoms. The van der Waals surface area contributed by atoms with Gasteiger partial charge in [0.05, 0.1) is 33.2 Å². The Labute approximate surface area is 284 Å². The molecule has 0 spiro atoms. The number of phenols is 1. The lowest BCUT2D eigenvalue weighted by Crippen LogP contribution is -2.57. The highest BCUT2D eigenvalue weighted by Gasteiger charge is 2.38. The third kappa shape index (κ3) is 5.97. The Morgan fingerprint density at radius 1 is 1.20 bits per heavy atom. The third-order valence-corrected chi connectivity index (χ3v) is 8.84. The second-order valence-corrected chi connectivity index (χ2v) is 12.3. The molecular weight excluding hydrogens is 661 g/mol. The fraction of sp³-hybridized carbons (Fsp3) is 0.286. The van der Waals surface area contributed by atoms with Gasteiger partial charge in [-0.3, -0.25) is 23.9 Å². The van der Waals surface area contributed by atoms with Crippen molar-refractivity contribution in [1.82, 2.24) is 19.8 Å². The number of pyridine rings is 2. The van der Waals surface area contributed by atoms with Gasteiger partial charge in [0.15, 0.2) is 11.6 Å². The molecule has 2 amide bonds. The first-order chi connectivity index (χ1) is 23.2. The number of piperazine rings is 1. The monoisotopic (exact) mass is 692 g/mol. The maximum Gasteiger partial charge on any atom is 0.282 e. The zero-order valence-corrected chi connectivity index (χ0v) is 27.8. The molecule has 49 heavy (non-hydrogen) atoms. The van der Waals surface area contributed by atoms with Gasteiger partial charge in [-0.2, -0.15) is 0 Å². The molecule has 0 unspecified atom stereocenters. The molecule has 0 radical (unpaired) electrons. The molecule has 254 valence electrons. The van der Waals surface area contributed by atoms with Crippen LogP contribution in [0.2, 0.25) is 5.02 Å². The highest BCUT2D eigenvalue weighted by Crippen LogP contribution is 2.44. The second-order valence-electron chi connectivity index (χ2n) is 11.9. The normalized spacial score (nSPS) is 14.7. The van der Waals surface area contributed by atoms with Crippen LogP contribution in [0.4, 0.5) is 18.9 Å². The standard InChI is InChI=1S/C35H32ClF3N6O4/c1-17(2)29-30(18(3)10-11-42-29)45-32-21(14-22(36)25(28(32)39)26-23(38)8-7-9-24(26)46)31(27(35(45)49)33(47)41-6)43-12-13-44(34(48)19(4)37)20(16-43)15-40-5/h7-11,14,17,20,46H,4,12-13,15-16H2,1-3,6H3,(H,41,47)/t20-/m0/s1. The number of fused-ring (bicyclic) bond motifs is 1. The van der Waals surface area contributed by atoms with Gasteiger partial charge in [-0.05, 0) is 42.7 Å². The van der Waals surface area contributed by atoms with E-state index in [0.29, 0.717) is 11.3 Å². The fourth-order valence-corrected chi connectivity index (χ4v) is 6.63. The van der Waals surface area contributed by atoms with Crippen LogP contribution in [0.15, 0.2) is 53.7 Å². The molecule has 10 nitrogen and oxygen atoms in total. The number of aryl methyl sites for hydroxylation is 1. The highest BCUT2D eigenvalue weighted by molar-refractivity contribution is 6.34. The number of nitrogens with one attached hydrogen (secondary N) is 1. The van der Waals surface area contributed by atoms with Gasteiger partial charge < -0.3 is 25.1 Å². The van der Waals surface area contributed by atoms with Gasteiger partial charge in [0, 0.05) is 43.8 Å². The van der Waals surface area contributed by atoms with Gasteiger partial charge in [0.2, 0.25) is 6.54 Å². The number of halogens is 4. The van der Waals surface area contributed by atoms with Gasteiger partial charge in [-0.1, -0.05) is 38.1 Å². The van der Waals surface area contributed by atoms with Crippen molar-refractivity contribution in [3.8, 4) is 22.6 Å². The molecule has 2 aromatic carbocycles. The van der Waals surface area contributed by atoms with E-state index >= 15 is 8.78 Å². The molecule has 1 fully saturated rings. The number of aromatic nitrogens is 2. The van der Waals surface area contributed by atoms with Crippen LogP contribution in [0.25, 0.3) is 32.6 Å². The molecule has 0 bridgehead atoms. The van der Waals surface area contributed by atoms with E-state index in [-0.39, 0.29) is 59.4 Å². The minimum absolute atomic E-state index is 0.0329. The average molecular weight is 693 g/mol. The largest absolute Gasteiger partial charge is 0.507 e. The first-order valence-electron chi connectivity index (χ1n) is 15.2. The van der Waals surface area contributed by atoms with Crippen LogP contribution in [-0.4, -0.2) is 70.6 Å². The summed E-state index contributed by atoms with van der Waals surface area (Å²) in [6.45, 7) is 15.3. The minimum Gasteiger partial charge on any atom is -0.507 e. The lowest BCUT2D eigenvalue weighted by molar-refractivity contribution is -0.131. The molecule has 1 aliphatic heterocycles. The van der Waals surface area contributed by atoms with Gasteiger partial charge in [0.1, 0.15) is 23.2 Å². The number of aromatic hydroxyl groups is 1. The van der Waals surface area contributed by atoms with E-state index in [4.69, 9.17) is 18.2 Å². The van der Waals surface area contributed by atoms with Crippen molar-refractivity contribution in [3.63, 3.8) is 0 Å². The van der Waals surface area contributed by atoms with Crippen molar-refractivity contribution in [2.24, 2.45) is 0 Å². The maximum atomic E-state index is 17.4. The molecule has 2 aromatic heterocycles. The van der Waals surface area contributed by atoms with Gasteiger partial charge >= 0.3 is 0 Å². The van der Waals surface area contributed by atoms with Crippen molar-refractivity contribution < 1.29 is 27.9 Å². The lowest BCUT2D eigenvalue weighted by Gasteiger charge is -2.41. The van der Waals surface area contributed by atoms with E-state index in [2.05, 4.69) is 21.7 Å². The summed E-state index contributed by atoms with van der Waals surface area (Å²) in [6, 6.07) is 5.43. The average Bonchev–Trinajstić information content (AvgIpc) is 3.05. The molecule has 1 aliphatic rings. The molecule has 1 saturated heterocycles. The van der Waals surface area contributed by atoms with Crippen LogP contribution in [0.1, 0.15) is 41.4 Å². The summed E-state index contributed by atoms with van der Waals surface area (Å²) in [5.74, 6) is -6.07. The molecule has 2 N–H and O–H groups in total. The van der Waals surface area contributed by atoms with Gasteiger partial charge in [-0.15, -0.1) is 0 Å². The molecule has 0 aliphatic carbocycles. The highest BCUT2D eigenvalue weighted by atomic mass is 35.5. The number of rotatable bonds is 7. The van der Waals surface area contributed by atoms with Crippen molar-refractivity contribution >= 4 is 40.0 Å². The smallest absolute Gasteiger partial charge is 0.282 e. The van der Waals surface area contributed by atoms with Crippen LogP contribution < -0.4 is 15.8 Å². The Morgan fingerprint density at radius 2 is 1.92 bits per heavy atom. The van der Waals surface area contributed by atoms with Crippen LogP contribution in [-0.2, 0) is 4.79 Å². The van der Waals surface area contributed by atoms with Gasteiger partial charge in [-0.25, -0.2) is 19.7 Å². The molecule has 3 heterocycles. The number of carbonyl (C=O) groups excluding carboxylic acids is 2. The minimum atomic E-state index is -1.21. The maximum absolute atomic E-state index is 17.4. The van der Waals surface area contributed by atoms with Crippen molar-refractivity contribution in [2.45, 2.75) is 32.7 Å².